The molecule has 0 aromatic heterocycles. The van der Waals surface area contributed by atoms with Gasteiger partial charge in [0.15, 0.2) is 6.10 Å². The lowest BCUT2D eigenvalue weighted by Crippen LogP contribution is -2.52. The van der Waals surface area contributed by atoms with Crippen LogP contribution in [0.5, 0.6) is 11.5 Å². The Labute approximate surface area is 253 Å². The van der Waals surface area contributed by atoms with Gasteiger partial charge in [0.1, 0.15) is 30.8 Å². The van der Waals surface area contributed by atoms with E-state index in [0.29, 0.717) is 37.8 Å². The summed E-state index contributed by atoms with van der Waals surface area (Å²) in [6.45, 7) is 2.27. The van der Waals surface area contributed by atoms with Crippen molar-refractivity contribution in [1.29, 1.82) is 0 Å². The summed E-state index contributed by atoms with van der Waals surface area (Å²) in [7, 11) is 0. The highest BCUT2D eigenvalue weighted by Crippen LogP contribution is 2.29. The number of carbonyl (C=O) groups is 5. The molecule has 15 nitrogen and oxygen atoms in total. The average Bonchev–Trinajstić information content (AvgIpc) is 3.30. The third-order valence-electron chi connectivity index (χ3n) is 6.66. The second-order valence-corrected chi connectivity index (χ2v) is 10.1. The van der Waals surface area contributed by atoms with Crippen LogP contribution in [-0.4, -0.2) is 107 Å². The van der Waals surface area contributed by atoms with E-state index in [1.165, 1.54) is 36.1 Å². The largest absolute Gasteiger partial charge is 0.491 e. The fraction of sp³-hybridized carbons (Fsp3) is 0.552. The van der Waals surface area contributed by atoms with Gasteiger partial charge in [-0.2, -0.15) is 0 Å². The predicted octanol–water partition coefficient (Wildman–Crippen LogP) is 0.0469. The molecule has 1 fully saturated rings. The molecule has 1 aromatic carbocycles. The van der Waals surface area contributed by atoms with E-state index >= 15 is 0 Å². The lowest BCUT2D eigenvalue weighted by atomic mass is 10.0. The number of hydrogen-bond donors (Lipinski definition) is 4. The van der Waals surface area contributed by atoms with Crippen molar-refractivity contribution in [3.8, 4) is 11.5 Å². The minimum Gasteiger partial charge on any atom is -0.491 e. The van der Waals surface area contributed by atoms with E-state index in [-0.39, 0.29) is 68.6 Å². The van der Waals surface area contributed by atoms with Crippen LogP contribution >= 0.6 is 0 Å². The number of ether oxygens (including phenoxy) is 5. The van der Waals surface area contributed by atoms with Gasteiger partial charge in [-0.1, -0.05) is 6.42 Å². The molecule has 3 rings (SSSR count). The van der Waals surface area contributed by atoms with Gasteiger partial charge in [-0.3, -0.25) is 24.1 Å². The zero-order valence-electron chi connectivity index (χ0n) is 24.3. The number of hydrogen-bond acceptors (Lipinski definition) is 12. The standard InChI is InChI=1S/C29H38N2O13/c1-18(32)42-17-19-6-7-20(43-29-27(37)21(33)16-23(44-29)28(38)39)15-22(19)41-14-13-40-12-10-30-24(34)5-3-2-4-11-31-25(35)8-9-26(31)36/h6-9,15,21,23,27,29,33,37H,2-5,10-14,16-17H2,1H3,(H,30,34)(H,38,39)/t21-,23-,27+,29+/m0/s1. The predicted molar refractivity (Wildman–Crippen MR) is 149 cm³/mol. The molecule has 0 radical (unpaired) electrons. The van der Waals surface area contributed by atoms with E-state index in [9.17, 15) is 39.3 Å². The molecule has 1 saturated heterocycles. The maximum atomic E-state index is 12.0. The number of carboxylic acids is 1. The van der Waals surface area contributed by atoms with Crippen LogP contribution in [0.4, 0.5) is 0 Å². The number of carboxylic acid groups (broad SMARTS) is 1. The van der Waals surface area contributed by atoms with Crippen LogP contribution in [0.3, 0.4) is 0 Å². The van der Waals surface area contributed by atoms with Gasteiger partial charge in [0.25, 0.3) is 11.8 Å². The van der Waals surface area contributed by atoms with Crippen molar-refractivity contribution in [2.75, 3.05) is 32.9 Å². The number of aliphatic hydroxyl groups is 2. The number of aliphatic carboxylic acids is 1. The molecule has 0 spiro atoms. The summed E-state index contributed by atoms with van der Waals surface area (Å²) in [4.78, 5) is 58.8. The molecule has 242 valence electrons. The summed E-state index contributed by atoms with van der Waals surface area (Å²) in [5.41, 5.74) is 0.503. The molecule has 15 heteroatoms. The fourth-order valence-electron chi connectivity index (χ4n) is 4.32. The third-order valence-corrected chi connectivity index (χ3v) is 6.66. The van der Waals surface area contributed by atoms with E-state index in [0.717, 1.165) is 0 Å². The number of aliphatic hydroxyl groups excluding tert-OH is 2. The number of unbranched alkanes of at least 4 members (excludes halogenated alkanes) is 2. The summed E-state index contributed by atoms with van der Waals surface area (Å²) < 4.78 is 27.2. The van der Waals surface area contributed by atoms with Crippen molar-refractivity contribution < 1.29 is 63.0 Å². The topological polar surface area (TPSA) is 207 Å². The highest BCUT2D eigenvalue weighted by molar-refractivity contribution is 6.12. The molecule has 2 heterocycles. The van der Waals surface area contributed by atoms with Crippen LogP contribution in [0, 0.1) is 0 Å². The minimum absolute atomic E-state index is 0.0877. The van der Waals surface area contributed by atoms with Gasteiger partial charge in [0.05, 0.1) is 19.3 Å². The molecule has 44 heavy (non-hydrogen) atoms. The van der Waals surface area contributed by atoms with Gasteiger partial charge in [-0.25, -0.2) is 4.79 Å². The smallest absolute Gasteiger partial charge is 0.333 e. The van der Waals surface area contributed by atoms with E-state index in [2.05, 4.69) is 5.32 Å². The van der Waals surface area contributed by atoms with Crippen molar-refractivity contribution in [2.24, 2.45) is 0 Å². The summed E-state index contributed by atoms with van der Waals surface area (Å²) >= 11 is 0. The van der Waals surface area contributed by atoms with Crippen molar-refractivity contribution in [3.63, 3.8) is 0 Å². The first-order chi connectivity index (χ1) is 21.0. The first-order valence-corrected chi connectivity index (χ1v) is 14.2. The van der Waals surface area contributed by atoms with Gasteiger partial charge in [0, 0.05) is 56.6 Å². The molecule has 4 atom stereocenters. The van der Waals surface area contributed by atoms with Crippen molar-refractivity contribution >= 4 is 29.7 Å². The fourth-order valence-corrected chi connectivity index (χ4v) is 4.32. The summed E-state index contributed by atoms with van der Waals surface area (Å²) in [6, 6.07) is 4.50. The quantitative estimate of drug-likeness (QED) is 0.0971. The Balaban J connectivity index is 1.37. The Morgan fingerprint density at radius 2 is 1.80 bits per heavy atom. The SMILES string of the molecule is CC(=O)OCc1ccc(O[C@@H]2O[C@H](C(=O)O)C[C@H](O)[C@H]2O)cc1OCCOCCNC(=O)CCCCCN1C(=O)C=CC1=O. The molecule has 0 aliphatic carbocycles. The number of amides is 3. The van der Waals surface area contributed by atoms with E-state index in [1.807, 2.05) is 0 Å². The van der Waals surface area contributed by atoms with Crippen molar-refractivity contribution in [1.82, 2.24) is 10.2 Å². The van der Waals surface area contributed by atoms with E-state index in [4.69, 9.17) is 23.7 Å². The Kier molecular flexibility index (Phi) is 13.5. The monoisotopic (exact) mass is 622 g/mol. The lowest BCUT2D eigenvalue weighted by molar-refractivity contribution is -0.238. The van der Waals surface area contributed by atoms with Crippen LogP contribution < -0.4 is 14.8 Å². The van der Waals surface area contributed by atoms with Crippen LogP contribution in [0.25, 0.3) is 0 Å². The minimum atomic E-state index is -1.49. The zero-order valence-corrected chi connectivity index (χ0v) is 24.3. The molecule has 2 aliphatic heterocycles. The Bertz CT molecular complexity index is 1190. The maximum absolute atomic E-state index is 12.0. The molecular weight excluding hydrogens is 584 g/mol. The Morgan fingerprint density at radius 3 is 2.50 bits per heavy atom. The van der Waals surface area contributed by atoms with Crippen LogP contribution in [0.15, 0.2) is 30.4 Å². The van der Waals surface area contributed by atoms with Crippen LogP contribution in [-0.2, 0) is 44.8 Å². The summed E-state index contributed by atoms with van der Waals surface area (Å²) in [6.07, 6.45) is -1.20. The molecule has 3 amide bonds. The van der Waals surface area contributed by atoms with Gasteiger partial charge in [0.2, 0.25) is 12.2 Å². The van der Waals surface area contributed by atoms with Crippen molar-refractivity contribution in [3.05, 3.63) is 35.9 Å². The summed E-state index contributed by atoms with van der Waals surface area (Å²) in [5, 5.41) is 32.2. The maximum Gasteiger partial charge on any atom is 0.333 e. The molecule has 1 aromatic rings. The first kappa shape index (κ1) is 34.4. The number of imide groups is 1. The van der Waals surface area contributed by atoms with E-state index < -0.39 is 36.5 Å². The number of nitrogens with one attached hydrogen (secondary N) is 1. The second kappa shape index (κ2) is 17.3. The first-order valence-electron chi connectivity index (χ1n) is 14.2. The normalized spacial score (nSPS) is 21.3. The number of nitrogens with zero attached hydrogens (tertiary/aromatic N) is 1. The molecule has 0 unspecified atom stereocenters. The Hall–Kier alpha value is -4.05. The van der Waals surface area contributed by atoms with Crippen LogP contribution in [0.2, 0.25) is 0 Å². The highest BCUT2D eigenvalue weighted by Gasteiger charge is 2.41. The second-order valence-electron chi connectivity index (χ2n) is 10.1. The lowest BCUT2D eigenvalue weighted by Gasteiger charge is -2.35. The van der Waals surface area contributed by atoms with Crippen LogP contribution in [0.1, 0.15) is 44.6 Å². The van der Waals surface area contributed by atoms with Crippen molar-refractivity contribution in [2.45, 2.75) is 70.2 Å². The highest BCUT2D eigenvalue weighted by atomic mass is 16.7. The molecule has 0 saturated carbocycles. The average molecular weight is 623 g/mol. The number of benzene rings is 1. The van der Waals surface area contributed by atoms with Gasteiger partial charge in [-0.15, -0.1) is 0 Å². The van der Waals surface area contributed by atoms with Gasteiger partial charge in [-0.05, 0) is 25.0 Å². The van der Waals surface area contributed by atoms with E-state index in [1.54, 1.807) is 6.07 Å². The summed E-state index contributed by atoms with van der Waals surface area (Å²) in [5.74, 6) is -2.14. The molecule has 2 aliphatic rings. The molecule has 4 N–H and O–H groups in total. The Morgan fingerprint density at radius 1 is 1.05 bits per heavy atom. The molecular formula is C29H38N2O13. The number of carbonyl (C=O) groups excluding carboxylic acids is 4. The zero-order chi connectivity index (χ0) is 32.1. The number of esters is 1. The number of rotatable bonds is 18. The van der Waals surface area contributed by atoms with Gasteiger partial charge >= 0.3 is 11.9 Å². The molecule has 0 bridgehead atoms. The third kappa shape index (κ3) is 10.9. The van der Waals surface area contributed by atoms with Gasteiger partial charge < -0.3 is 44.3 Å².